The Balaban J connectivity index is 3.86. The van der Waals surface area contributed by atoms with Crippen LogP contribution in [0.2, 0.25) is 0 Å². The molecule has 0 aliphatic rings. The van der Waals surface area contributed by atoms with Gasteiger partial charge in [-0.1, -0.05) is 0 Å². The summed E-state index contributed by atoms with van der Waals surface area (Å²) in [6.07, 6.45) is -2.45. The number of hydrogen-bond acceptors (Lipinski definition) is 3. The summed E-state index contributed by atoms with van der Waals surface area (Å²) < 4.78 is 36.6. The van der Waals surface area contributed by atoms with E-state index < -0.39 is 12.7 Å². The lowest BCUT2D eigenvalue weighted by atomic mass is 10.2. The Bertz CT molecular complexity index is 210. The van der Waals surface area contributed by atoms with Gasteiger partial charge in [0.25, 0.3) is 0 Å². The Hall–Kier alpha value is -0.800. The molecular weight excluding hydrogens is 219 g/mol. The van der Waals surface area contributed by atoms with Gasteiger partial charge in [0.05, 0.1) is 12.6 Å². The number of likely N-dealkylation sites (N-methyl/N-ethyl adjacent to an activating group) is 1. The molecule has 1 N–H and O–H groups in total. The van der Waals surface area contributed by atoms with Crippen molar-refractivity contribution < 1.29 is 13.2 Å². The van der Waals surface area contributed by atoms with Gasteiger partial charge in [-0.05, 0) is 26.4 Å². The highest BCUT2D eigenvalue weighted by Gasteiger charge is 2.30. The van der Waals surface area contributed by atoms with Crippen molar-refractivity contribution in [1.82, 2.24) is 10.2 Å². The van der Waals surface area contributed by atoms with Crippen molar-refractivity contribution in [3.05, 3.63) is 0 Å². The highest BCUT2D eigenvalue weighted by molar-refractivity contribution is 4.70. The summed E-state index contributed by atoms with van der Waals surface area (Å²) in [7, 11) is 1.71. The van der Waals surface area contributed by atoms with Crippen molar-refractivity contribution >= 4 is 0 Å². The van der Waals surface area contributed by atoms with Crippen molar-refractivity contribution in [2.45, 2.75) is 25.4 Å². The fraction of sp³-hybridized carbons (Fsp3) is 0.900. The summed E-state index contributed by atoms with van der Waals surface area (Å²) in [6, 6.07) is 1.98. The predicted molar refractivity (Wildman–Crippen MR) is 55.9 cm³/mol. The van der Waals surface area contributed by atoms with Gasteiger partial charge in [-0.15, -0.1) is 0 Å². The predicted octanol–water partition coefficient (Wildman–Crippen LogP) is 1.76. The van der Waals surface area contributed by atoms with Crippen molar-refractivity contribution in [3.63, 3.8) is 0 Å². The maximum atomic E-state index is 12.2. The third kappa shape index (κ3) is 9.74. The van der Waals surface area contributed by atoms with E-state index in [1.807, 2.05) is 6.07 Å². The zero-order chi connectivity index (χ0) is 12.4. The monoisotopic (exact) mass is 237 g/mol. The Morgan fingerprint density at radius 2 is 1.94 bits per heavy atom. The molecule has 3 nitrogen and oxygen atoms in total. The van der Waals surface area contributed by atoms with E-state index in [0.29, 0.717) is 38.9 Å². The molecule has 0 heterocycles. The Kier molecular flexibility index (Phi) is 7.95. The van der Waals surface area contributed by atoms with Crippen LogP contribution >= 0.6 is 0 Å². The Morgan fingerprint density at radius 3 is 2.44 bits per heavy atom. The van der Waals surface area contributed by atoms with Gasteiger partial charge in [0, 0.05) is 19.5 Å². The molecule has 0 amide bonds. The molecule has 0 aromatic carbocycles. The second-order valence-electron chi connectivity index (χ2n) is 3.61. The number of alkyl halides is 3. The van der Waals surface area contributed by atoms with Gasteiger partial charge in [0.1, 0.15) is 0 Å². The highest BCUT2D eigenvalue weighted by Crippen LogP contribution is 2.16. The topological polar surface area (TPSA) is 39.1 Å². The fourth-order valence-electron chi connectivity index (χ4n) is 1.33. The minimum absolute atomic E-state index is 0.378. The van der Waals surface area contributed by atoms with Crippen LogP contribution in [0, 0.1) is 11.3 Å². The van der Waals surface area contributed by atoms with E-state index >= 15 is 0 Å². The lowest BCUT2D eigenvalue weighted by molar-refractivity contribution is -0.145. The number of unbranched alkanes of at least 4 members (excludes halogenated alkanes) is 2. The first-order valence-electron chi connectivity index (χ1n) is 5.30. The van der Waals surface area contributed by atoms with Crippen molar-refractivity contribution in [1.29, 1.82) is 5.26 Å². The molecule has 16 heavy (non-hydrogen) atoms. The normalized spacial score (nSPS) is 11.8. The first-order valence-corrected chi connectivity index (χ1v) is 5.30. The van der Waals surface area contributed by atoms with Crippen LogP contribution in [0.5, 0.6) is 0 Å². The van der Waals surface area contributed by atoms with Crippen LogP contribution in [0.25, 0.3) is 0 Å². The van der Waals surface area contributed by atoms with E-state index in [2.05, 4.69) is 5.32 Å². The third-order valence-electron chi connectivity index (χ3n) is 2.09. The second kappa shape index (κ2) is 8.36. The zero-order valence-corrected chi connectivity index (χ0v) is 9.48. The van der Waals surface area contributed by atoms with Crippen LogP contribution < -0.4 is 5.32 Å². The lowest BCUT2D eigenvalue weighted by Crippen LogP contribution is -2.38. The second-order valence-corrected chi connectivity index (χ2v) is 3.61. The summed E-state index contributed by atoms with van der Waals surface area (Å²) in [4.78, 5) is 1.37. The molecule has 6 heteroatoms. The van der Waals surface area contributed by atoms with Crippen LogP contribution in [-0.4, -0.2) is 44.3 Å². The average molecular weight is 237 g/mol. The molecule has 0 aromatic heterocycles. The summed E-state index contributed by atoms with van der Waals surface area (Å²) >= 11 is 0. The molecule has 0 fully saturated rings. The smallest absolute Gasteiger partial charge is 0.318 e. The van der Waals surface area contributed by atoms with Gasteiger partial charge in [0.15, 0.2) is 0 Å². The molecule has 0 unspecified atom stereocenters. The first-order chi connectivity index (χ1) is 7.49. The lowest BCUT2D eigenvalue weighted by Gasteiger charge is -2.23. The Labute approximate surface area is 94.2 Å². The van der Waals surface area contributed by atoms with Gasteiger partial charge < -0.3 is 5.32 Å². The summed E-state index contributed by atoms with van der Waals surface area (Å²) in [5.41, 5.74) is 0. The number of nitrogens with one attached hydrogen (secondary N) is 1. The number of nitriles is 1. The number of nitrogens with zero attached hydrogens (tertiary/aromatic N) is 2. The van der Waals surface area contributed by atoms with Gasteiger partial charge in [0.2, 0.25) is 0 Å². The van der Waals surface area contributed by atoms with Crippen LogP contribution in [0.4, 0.5) is 13.2 Å². The van der Waals surface area contributed by atoms with Crippen molar-refractivity contribution in [3.8, 4) is 6.07 Å². The number of halogens is 3. The van der Waals surface area contributed by atoms with E-state index in [4.69, 9.17) is 5.26 Å². The maximum Gasteiger partial charge on any atom is 0.401 e. The van der Waals surface area contributed by atoms with Crippen LogP contribution in [0.15, 0.2) is 0 Å². The zero-order valence-electron chi connectivity index (χ0n) is 9.48. The van der Waals surface area contributed by atoms with E-state index in [1.165, 1.54) is 4.90 Å². The molecule has 0 aliphatic heterocycles. The van der Waals surface area contributed by atoms with Gasteiger partial charge in [-0.25, -0.2) is 0 Å². The molecule has 0 radical (unpaired) electrons. The first kappa shape index (κ1) is 15.2. The van der Waals surface area contributed by atoms with E-state index in [-0.39, 0.29) is 0 Å². The van der Waals surface area contributed by atoms with E-state index in [9.17, 15) is 13.2 Å². The van der Waals surface area contributed by atoms with Gasteiger partial charge >= 0.3 is 6.18 Å². The molecule has 0 aliphatic carbocycles. The van der Waals surface area contributed by atoms with Crippen molar-refractivity contribution in [2.24, 2.45) is 0 Å². The van der Waals surface area contributed by atoms with Crippen LogP contribution in [0.3, 0.4) is 0 Å². The Morgan fingerprint density at radius 1 is 1.25 bits per heavy atom. The van der Waals surface area contributed by atoms with Crippen LogP contribution in [-0.2, 0) is 0 Å². The quantitative estimate of drug-likeness (QED) is 0.654. The molecule has 0 saturated heterocycles. The molecule has 0 aromatic rings. The number of hydrogen-bond donors (Lipinski definition) is 1. The standard InChI is InChI=1S/C10H18F3N3/c1-15-6-8-16(9-10(11,12)13)7-4-2-3-5-14/h15H,2-4,6-9H2,1H3. The van der Waals surface area contributed by atoms with Gasteiger partial charge in [-0.2, -0.15) is 18.4 Å². The molecule has 0 saturated carbocycles. The molecular formula is C10H18F3N3. The number of rotatable bonds is 8. The van der Waals surface area contributed by atoms with E-state index in [1.54, 1.807) is 7.05 Å². The summed E-state index contributed by atoms with van der Waals surface area (Å²) in [5.74, 6) is 0. The third-order valence-corrected chi connectivity index (χ3v) is 2.09. The highest BCUT2D eigenvalue weighted by atomic mass is 19.4. The average Bonchev–Trinajstić information content (AvgIpc) is 2.18. The fourth-order valence-corrected chi connectivity index (χ4v) is 1.33. The molecule has 94 valence electrons. The summed E-state index contributed by atoms with van der Waals surface area (Å²) in [5, 5.41) is 11.1. The van der Waals surface area contributed by atoms with Crippen LogP contribution in [0.1, 0.15) is 19.3 Å². The minimum Gasteiger partial charge on any atom is -0.318 e. The minimum atomic E-state index is -4.15. The largest absolute Gasteiger partial charge is 0.401 e. The maximum absolute atomic E-state index is 12.2. The van der Waals surface area contributed by atoms with Gasteiger partial charge in [-0.3, -0.25) is 4.90 Å². The van der Waals surface area contributed by atoms with E-state index in [0.717, 1.165) is 0 Å². The molecule has 0 atom stereocenters. The molecule has 0 bridgehead atoms. The SMILES string of the molecule is CNCCN(CCCCC#N)CC(F)(F)F. The molecule has 0 spiro atoms. The summed E-state index contributed by atoms with van der Waals surface area (Å²) in [6.45, 7) is 0.432. The molecule has 0 rings (SSSR count). The van der Waals surface area contributed by atoms with Crippen molar-refractivity contribution in [2.75, 3.05) is 33.2 Å².